The minimum Gasteiger partial charge on any atom is -0.462 e. The Balaban J connectivity index is 1.77. The molecule has 0 bridgehead atoms. The van der Waals surface area contributed by atoms with Crippen LogP contribution < -0.4 is 5.73 Å². The van der Waals surface area contributed by atoms with Crippen LogP contribution >= 0.6 is 0 Å². The maximum absolute atomic E-state index is 13.4. The van der Waals surface area contributed by atoms with Crippen molar-refractivity contribution in [2.24, 2.45) is 5.73 Å². The summed E-state index contributed by atoms with van der Waals surface area (Å²) >= 11 is 0. The van der Waals surface area contributed by atoms with E-state index < -0.39 is 35.1 Å². The molecule has 180 valence electrons. The highest BCUT2D eigenvalue weighted by Crippen LogP contribution is 2.32. The van der Waals surface area contributed by atoms with Gasteiger partial charge in [-0.2, -0.15) is 18.3 Å². The van der Waals surface area contributed by atoms with Gasteiger partial charge in [-0.1, -0.05) is 24.3 Å². The van der Waals surface area contributed by atoms with Gasteiger partial charge in [-0.3, -0.25) is 9.48 Å². The van der Waals surface area contributed by atoms with E-state index in [2.05, 4.69) is 10.1 Å². The number of alkyl halides is 3. The largest absolute Gasteiger partial charge is 0.462 e. The molecule has 0 radical (unpaired) electrons. The Morgan fingerprint density at radius 1 is 1.09 bits per heavy atom. The number of esters is 1. The zero-order valence-corrected chi connectivity index (χ0v) is 18.3. The summed E-state index contributed by atoms with van der Waals surface area (Å²) in [4.78, 5) is 28.1. The Bertz CT molecular complexity index is 1430. The van der Waals surface area contributed by atoms with Crippen molar-refractivity contribution in [2.75, 3.05) is 6.61 Å². The molecule has 0 aliphatic rings. The Kier molecular flexibility index (Phi) is 6.25. The molecule has 7 nitrogen and oxygen atoms in total. The van der Waals surface area contributed by atoms with Crippen LogP contribution in [-0.2, 0) is 17.5 Å². The Morgan fingerprint density at radius 3 is 2.43 bits per heavy atom. The highest BCUT2D eigenvalue weighted by atomic mass is 19.4. The second-order valence-corrected chi connectivity index (χ2v) is 7.58. The number of primary amides is 1. The lowest BCUT2D eigenvalue weighted by molar-refractivity contribution is -0.142. The minimum atomic E-state index is -4.85. The lowest BCUT2D eigenvalue weighted by Gasteiger charge is -2.11. The second-order valence-electron chi connectivity index (χ2n) is 7.58. The standard InChI is InChI=1S/C24H18F4N4O3/c1-2-35-23(34)18-12-32(31-21(18)24(26,27)28)11-13-3-8-16-17(14-4-6-15(25)7-5-14)10-20(22(29)33)30-19(16)9-13/h3-10,12H,2,11H2,1H3,(H2,29,33). The van der Waals surface area contributed by atoms with Crippen LogP contribution in [0.15, 0.2) is 54.7 Å². The summed E-state index contributed by atoms with van der Waals surface area (Å²) in [6.07, 6.45) is -3.87. The van der Waals surface area contributed by atoms with Crippen molar-refractivity contribution in [1.82, 2.24) is 14.8 Å². The van der Waals surface area contributed by atoms with Gasteiger partial charge in [0.25, 0.3) is 5.91 Å². The lowest BCUT2D eigenvalue weighted by atomic mass is 9.98. The quantitative estimate of drug-likeness (QED) is 0.318. The number of ether oxygens (including phenoxy) is 1. The van der Waals surface area contributed by atoms with Crippen molar-refractivity contribution in [2.45, 2.75) is 19.6 Å². The van der Waals surface area contributed by atoms with Crippen LogP contribution in [0.4, 0.5) is 17.6 Å². The van der Waals surface area contributed by atoms with E-state index in [1.165, 1.54) is 25.1 Å². The molecule has 4 rings (SSSR count). The second kappa shape index (κ2) is 9.16. The summed E-state index contributed by atoms with van der Waals surface area (Å²) in [5.41, 5.74) is 5.42. The topological polar surface area (TPSA) is 100 Å². The van der Waals surface area contributed by atoms with Crippen LogP contribution in [0.3, 0.4) is 0 Å². The first-order valence-electron chi connectivity index (χ1n) is 10.4. The van der Waals surface area contributed by atoms with Gasteiger partial charge in [-0.15, -0.1) is 0 Å². The smallest absolute Gasteiger partial charge is 0.436 e. The number of aromatic nitrogens is 3. The summed E-state index contributed by atoms with van der Waals surface area (Å²) in [6.45, 7) is 1.28. The van der Waals surface area contributed by atoms with Crippen LogP contribution in [0.2, 0.25) is 0 Å². The number of nitrogens with two attached hydrogens (primary N) is 1. The third-order valence-electron chi connectivity index (χ3n) is 5.15. The summed E-state index contributed by atoms with van der Waals surface area (Å²) in [5.74, 6) is -2.33. The molecule has 35 heavy (non-hydrogen) atoms. The van der Waals surface area contributed by atoms with Gasteiger partial charge in [0.2, 0.25) is 0 Å². The Morgan fingerprint density at radius 2 is 1.80 bits per heavy atom. The molecule has 0 saturated carbocycles. The van der Waals surface area contributed by atoms with E-state index in [1.54, 1.807) is 30.3 Å². The summed E-state index contributed by atoms with van der Waals surface area (Å²) in [7, 11) is 0. The van der Waals surface area contributed by atoms with E-state index in [4.69, 9.17) is 10.5 Å². The Labute approximate surface area is 196 Å². The molecule has 0 fully saturated rings. The molecule has 0 unspecified atom stereocenters. The molecule has 2 heterocycles. The van der Waals surface area contributed by atoms with Crippen molar-refractivity contribution in [1.29, 1.82) is 0 Å². The number of halogens is 4. The average molecular weight is 486 g/mol. The number of fused-ring (bicyclic) bond motifs is 1. The predicted molar refractivity (Wildman–Crippen MR) is 118 cm³/mol. The van der Waals surface area contributed by atoms with Crippen molar-refractivity contribution in [3.8, 4) is 11.1 Å². The SMILES string of the molecule is CCOC(=O)c1cn(Cc2ccc3c(-c4ccc(F)cc4)cc(C(N)=O)nc3c2)nc1C(F)(F)F. The van der Waals surface area contributed by atoms with E-state index in [0.29, 0.717) is 27.6 Å². The molecule has 0 aliphatic carbocycles. The van der Waals surface area contributed by atoms with Crippen LogP contribution in [0.5, 0.6) is 0 Å². The van der Waals surface area contributed by atoms with Gasteiger partial charge >= 0.3 is 12.1 Å². The fourth-order valence-electron chi connectivity index (χ4n) is 3.62. The number of hydrogen-bond donors (Lipinski definition) is 1. The van der Waals surface area contributed by atoms with Crippen LogP contribution in [-0.4, -0.2) is 33.2 Å². The van der Waals surface area contributed by atoms with Crippen LogP contribution in [0, 0.1) is 5.82 Å². The van der Waals surface area contributed by atoms with Crippen LogP contribution in [0.25, 0.3) is 22.0 Å². The number of hydrogen-bond acceptors (Lipinski definition) is 5. The first-order chi connectivity index (χ1) is 16.6. The molecule has 0 aliphatic heterocycles. The van der Waals surface area contributed by atoms with E-state index in [-0.39, 0.29) is 18.8 Å². The van der Waals surface area contributed by atoms with Crippen molar-refractivity contribution in [3.05, 3.63) is 83.1 Å². The third kappa shape index (κ3) is 4.98. The van der Waals surface area contributed by atoms with Crippen molar-refractivity contribution in [3.63, 3.8) is 0 Å². The predicted octanol–water partition coefficient (Wildman–Crippen LogP) is 4.58. The molecule has 2 N–H and O–H groups in total. The molecule has 1 amide bonds. The summed E-state index contributed by atoms with van der Waals surface area (Å²) < 4.78 is 59.3. The van der Waals surface area contributed by atoms with Gasteiger partial charge in [-0.05, 0) is 47.9 Å². The van der Waals surface area contributed by atoms with Gasteiger partial charge in [0.05, 0.1) is 18.7 Å². The monoisotopic (exact) mass is 486 g/mol. The molecule has 4 aromatic rings. The summed E-state index contributed by atoms with van der Waals surface area (Å²) in [5, 5.41) is 4.16. The van der Waals surface area contributed by atoms with Gasteiger partial charge in [0.1, 0.15) is 17.1 Å². The van der Waals surface area contributed by atoms with E-state index in [0.717, 1.165) is 10.9 Å². The highest BCUT2D eigenvalue weighted by Gasteiger charge is 2.39. The molecule has 11 heteroatoms. The number of rotatable bonds is 6. The number of nitrogens with zero attached hydrogens (tertiary/aromatic N) is 3. The van der Waals surface area contributed by atoms with Crippen molar-refractivity contribution >= 4 is 22.8 Å². The van der Waals surface area contributed by atoms with Crippen molar-refractivity contribution < 1.29 is 31.9 Å². The molecular formula is C24H18F4N4O3. The first-order valence-corrected chi connectivity index (χ1v) is 10.4. The molecule has 2 aromatic carbocycles. The Hall–Kier alpha value is -4.28. The zero-order chi connectivity index (χ0) is 25.3. The van der Waals surface area contributed by atoms with Gasteiger partial charge in [-0.25, -0.2) is 14.2 Å². The number of carbonyl (C=O) groups is 2. The lowest BCUT2D eigenvalue weighted by Crippen LogP contribution is -2.14. The number of benzene rings is 2. The van der Waals surface area contributed by atoms with Gasteiger partial charge < -0.3 is 10.5 Å². The first kappa shape index (κ1) is 23.9. The maximum atomic E-state index is 13.4. The van der Waals surface area contributed by atoms with E-state index in [1.807, 2.05) is 0 Å². The average Bonchev–Trinajstić information content (AvgIpc) is 3.23. The number of carbonyl (C=O) groups excluding carboxylic acids is 2. The highest BCUT2D eigenvalue weighted by molar-refractivity contribution is 6.01. The third-order valence-corrected chi connectivity index (χ3v) is 5.15. The summed E-state index contributed by atoms with van der Waals surface area (Å²) in [6, 6.07) is 12.0. The maximum Gasteiger partial charge on any atom is 0.436 e. The fourth-order valence-corrected chi connectivity index (χ4v) is 3.62. The van der Waals surface area contributed by atoms with E-state index in [9.17, 15) is 27.2 Å². The van der Waals surface area contributed by atoms with Gasteiger partial charge in [0, 0.05) is 11.6 Å². The molecule has 0 atom stereocenters. The molecule has 0 saturated heterocycles. The van der Waals surface area contributed by atoms with Gasteiger partial charge in [0.15, 0.2) is 5.69 Å². The molecule has 0 spiro atoms. The normalized spacial score (nSPS) is 11.6. The van der Waals surface area contributed by atoms with Crippen LogP contribution in [0.1, 0.15) is 39.0 Å². The number of pyridine rings is 1. The van der Waals surface area contributed by atoms with E-state index >= 15 is 0 Å². The number of amides is 1. The zero-order valence-electron chi connectivity index (χ0n) is 18.3. The minimum absolute atomic E-state index is 0.0305. The fraction of sp³-hybridized carbons (Fsp3) is 0.167. The molecule has 2 aromatic heterocycles. The molecular weight excluding hydrogens is 468 g/mol.